The number of benzene rings is 1. The molecule has 94 valence electrons. The Morgan fingerprint density at radius 2 is 2.29 bits per heavy atom. The van der Waals surface area contributed by atoms with Crippen molar-refractivity contribution < 1.29 is 4.74 Å². The van der Waals surface area contributed by atoms with E-state index in [2.05, 4.69) is 13.8 Å². The van der Waals surface area contributed by atoms with Gasteiger partial charge in [-0.15, -0.1) is 0 Å². The normalized spacial score (nSPS) is 32.2. The van der Waals surface area contributed by atoms with Gasteiger partial charge in [0, 0.05) is 16.5 Å². The molecule has 1 aliphatic rings. The summed E-state index contributed by atoms with van der Waals surface area (Å²) in [6.45, 7) is 5.01. The molecule has 0 saturated heterocycles. The molecule has 1 saturated carbocycles. The minimum Gasteiger partial charge on any atom is -0.373 e. The summed E-state index contributed by atoms with van der Waals surface area (Å²) in [7, 11) is 0. The van der Waals surface area contributed by atoms with Gasteiger partial charge in [0.2, 0.25) is 0 Å². The van der Waals surface area contributed by atoms with Gasteiger partial charge < -0.3 is 10.5 Å². The molecule has 0 radical (unpaired) electrons. The minimum absolute atomic E-state index is 0.137. The van der Waals surface area contributed by atoms with E-state index in [0.717, 1.165) is 23.4 Å². The fourth-order valence-corrected chi connectivity index (χ4v) is 2.63. The molecule has 2 N–H and O–H groups in total. The molecule has 0 heterocycles. The molecule has 0 bridgehead atoms. The van der Waals surface area contributed by atoms with Crippen LogP contribution in [-0.4, -0.2) is 12.1 Å². The maximum atomic E-state index is 6.05. The lowest BCUT2D eigenvalue weighted by Crippen LogP contribution is -2.60. The Hall–Kier alpha value is -0.570. The van der Waals surface area contributed by atoms with Crippen molar-refractivity contribution in [3.8, 4) is 0 Å². The molecule has 0 spiro atoms. The van der Waals surface area contributed by atoms with Crippen molar-refractivity contribution in [2.45, 2.75) is 45.4 Å². The SMILES string of the molecule is CCC1(C)C(N)CC1OCc1cccc(Cl)c1. The lowest BCUT2D eigenvalue weighted by molar-refractivity contribution is -0.126. The van der Waals surface area contributed by atoms with Crippen LogP contribution in [0.4, 0.5) is 0 Å². The van der Waals surface area contributed by atoms with Crippen LogP contribution in [0.3, 0.4) is 0 Å². The summed E-state index contributed by atoms with van der Waals surface area (Å²) in [4.78, 5) is 0. The molecule has 1 aromatic rings. The molecule has 3 unspecified atom stereocenters. The van der Waals surface area contributed by atoms with Crippen LogP contribution in [0.1, 0.15) is 32.3 Å². The summed E-state index contributed by atoms with van der Waals surface area (Å²) < 4.78 is 5.96. The van der Waals surface area contributed by atoms with Gasteiger partial charge in [0.05, 0.1) is 12.7 Å². The third-order valence-electron chi connectivity index (χ3n) is 4.15. The van der Waals surface area contributed by atoms with Crippen molar-refractivity contribution in [1.29, 1.82) is 0 Å². The molecule has 1 aliphatic carbocycles. The van der Waals surface area contributed by atoms with Crippen LogP contribution in [0.2, 0.25) is 5.02 Å². The molecular formula is C14H20ClNO. The van der Waals surface area contributed by atoms with E-state index in [1.54, 1.807) is 0 Å². The largest absolute Gasteiger partial charge is 0.373 e. The zero-order chi connectivity index (χ0) is 12.5. The first-order valence-electron chi connectivity index (χ1n) is 6.18. The number of ether oxygens (including phenoxy) is 1. The summed E-state index contributed by atoms with van der Waals surface area (Å²) in [6, 6.07) is 8.08. The molecule has 17 heavy (non-hydrogen) atoms. The van der Waals surface area contributed by atoms with Gasteiger partial charge in [-0.1, -0.05) is 37.6 Å². The molecule has 0 aromatic heterocycles. The van der Waals surface area contributed by atoms with Gasteiger partial charge in [0.1, 0.15) is 0 Å². The third-order valence-corrected chi connectivity index (χ3v) is 4.39. The standard InChI is InChI=1S/C14H20ClNO/c1-3-14(2)12(16)8-13(14)17-9-10-5-4-6-11(15)7-10/h4-7,12-13H,3,8-9,16H2,1-2H3. The first-order chi connectivity index (χ1) is 8.06. The molecule has 0 amide bonds. The molecule has 1 fully saturated rings. The Balaban J connectivity index is 1.91. The summed E-state index contributed by atoms with van der Waals surface area (Å²) in [5, 5.41) is 0.759. The van der Waals surface area contributed by atoms with Crippen LogP contribution in [0.15, 0.2) is 24.3 Å². The van der Waals surface area contributed by atoms with Gasteiger partial charge in [-0.2, -0.15) is 0 Å². The predicted octanol–water partition coefficient (Wildman–Crippen LogP) is 3.37. The van der Waals surface area contributed by atoms with E-state index in [4.69, 9.17) is 22.1 Å². The zero-order valence-electron chi connectivity index (χ0n) is 10.4. The lowest BCUT2D eigenvalue weighted by Gasteiger charge is -2.51. The van der Waals surface area contributed by atoms with Crippen LogP contribution in [-0.2, 0) is 11.3 Å². The van der Waals surface area contributed by atoms with Gasteiger partial charge in [0.15, 0.2) is 0 Å². The van der Waals surface area contributed by atoms with E-state index >= 15 is 0 Å². The maximum Gasteiger partial charge on any atom is 0.0721 e. The Bertz CT molecular complexity index is 396. The van der Waals surface area contributed by atoms with Crippen LogP contribution in [0, 0.1) is 5.41 Å². The Labute approximate surface area is 108 Å². The first kappa shape index (κ1) is 12.9. The van der Waals surface area contributed by atoms with Crippen LogP contribution in [0.5, 0.6) is 0 Å². The zero-order valence-corrected chi connectivity index (χ0v) is 11.2. The molecule has 3 heteroatoms. The van der Waals surface area contributed by atoms with E-state index in [0.29, 0.717) is 6.61 Å². The van der Waals surface area contributed by atoms with E-state index in [1.807, 2.05) is 24.3 Å². The average Bonchev–Trinajstić information content (AvgIpc) is 2.33. The molecule has 3 atom stereocenters. The molecule has 1 aromatic carbocycles. The van der Waals surface area contributed by atoms with Gasteiger partial charge in [-0.3, -0.25) is 0 Å². The van der Waals surface area contributed by atoms with Gasteiger partial charge >= 0.3 is 0 Å². The predicted molar refractivity (Wildman–Crippen MR) is 71.0 cm³/mol. The Morgan fingerprint density at radius 3 is 2.88 bits per heavy atom. The van der Waals surface area contributed by atoms with Gasteiger partial charge in [-0.25, -0.2) is 0 Å². The highest BCUT2D eigenvalue weighted by molar-refractivity contribution is 6.30. The van der Waals surface area contributed by atoms with Gasteiger partial charge in [0.25, 0.3) is 0 Å². The van der Waals surface area contributed by atoms with Crippen molar-refractivity contribution in [3.63, 3.8) is 0 Å². The molecule has 2 rings (SSSR count). The summed E-state index contributed by atoms with van der Waals surface area (Å²) in [5.41, 5.74) is 7.31. The second-order valence-electron chi connectivity index (χ2n) is 5.13. The number of rotatable bonds is 4. The topological polar surface area (TPSA) is 35.2 Å². The van der Waals surface area contributed by atoms with E-state index in [1.165, 1.54) is 0 Å². The number of halogens is 1. The fraction of sp³-hybridized carbons (Fsp3) is 0.571. The molecule has 2 nitrogen and oxygen atoms in total. The van der Waals surface area contributed by atoms with E-state index in [-0.39, 0.29) is 17.6 Å². The number of hydrogen-bond acceptors (Lipinski definition) is 2. The average molecular weight is 254 g/mol. The van der Waals surface area contributed by atoms with Gasteiger partial charge in [-0.05, 0) is 30.5 Å². The molecule has 0 aliphatic heterocycles. The summed E-state index contributed by atoms with van der Waals surface area (Å²) >= 11 is 5.94. The highest BCUT2D eigenvalue weighted by Gasteiger charge is 2.49. The first-order valence-corrected chi connectivity index (χ1v) is 6.55. The highest BCUT2D eigenvalue weighted by Crippen LogP contribution is 2.44. The number of nitrogens with two attached hydrogens (primary N) is 1. The number of hydrogen-bond donors (Lipinski definition) is 1. The smallest absolute Gasteiger partial charge is 0.0721 e. The summed E-state index contributed by atoms with van der Waals surface area (Å²) in [6.07, 6.45) is 2.31. The summed E-state index contributed by atoms with van der Waals surface area (Å²) in [5.74, 6) is 0. The van der Waals surface area contributed by atoms with Crippen molar-refractivity contribution >= 4 is 11.6 Å². The Morgan fingerprint density at radius 1 is 1.53 bits per heavy atom. The maximum absolute atomic E-state index is 6.05. The highest BCUT2D eigenvalue weighted by atomic mass is 35.5. The quantitative estimate of drug-likeness (QED) is 0.893. The third kappa shape index (κ3) is 2.49. The monoisotopic (exact) mass is 253 g/mol. The lowest BCUT2D eigenvalue weighted by atomic mass is 9.62. The molecular weight excluding hydrogens is 234 g/mol. The fourth-order valence-electron chi connectivity index (χ4n) is 2.42. The van der Waals surface area contributed by atoms with Crippen molar-refractivity contribution in [3.05, 3.63) is 34.9 Å². The minimum atomic E-state index is 0.137. The van der Waals surface area contributed by atoms with Crippen molar-refractivity contribution in [2.75, 3.05) is 0 Å². The van der Waals surface area contributed by atoms with Crippen LogP contribution >= 0.6 is 11.6 Å². The second kappa shape index (κ2) is 4.97. The van der Waals surface area contributed by atoms with Crippen molar-refractivity contribution in [2.24, 2.45) is 11.1 Å². The Kier molecular flexibility index (Phi) is 3.76. The van der Waals surface area contributed by atoms with Crippen molar-refractivity contribution in [1.82, 2.24) is 0 Å². The van der Waals surface area contributed by atoms with Crippen LogP contribution < -0.4 is 5.73 Å². The second-order valence-corrected chi connectivity index (χ2v) is 5.57. The van der Waals surface area contributed by atoms with E-state index < -0.39 is 0 Å². The van der Waals surface area contributed by atoms with E-state index in [9.17, 15) is 0 Å². The van der Waals surface area contributed by atoms with Crippen LogP contribution in [0.25, 0.3) is 0 Å².